The zero-order valence-corrected chi connectivity index (χ0v) is 15.9. The van der Waals surface area contributed by atoms with E-state index in [1.165, 1.54) is 10.4 Å². The average molecular weight is 373 g/mol. The molecule has 0 fully saturated rings. The summed E-state index contributed by atoms with van der Waals surface area (Å²) in [6, 6.07) is 12.2. The van der Waals surface area contributed by atoms with Gasteiger partial charge in [-0.1, -0.05) is 36.0 Å². The molecule has 130 valence electrons. The second-order valence-corrected chi connectivity index (χ2v) is 7.94. The van der Waals surface area contributed by atoms with Crippen LogP contribution in [-0.2, 0) is 23.5 Å². The van der Waals surface area contributed by atoms with E-state index in [2.05, 4.69) is 40.7 Å². The van der Waals surface area contributed by atoms with E-state index in [-0.39, 0.29) is 12.3 Å². The third kappa shape index (κ3) is 4.29. The Labute approximate surface area is 155 Å². The standard InChI is InChI=1S/C18H20N4OS2/c1-3-22-17(15-9-4-12(2)25-15)20-21-18(22)24-11-14-7-5-13(6-8-14)10-16(19)23/h4-9H,3,10-11H2,1-2H3,(H2,19,23). The predicted octanol–water partition coefficient (Wildman–Crippen LogP) is 3.66. The maximum atomic E-state index is 11.0. The highest BCUT2D eigenvalue weighted by molar-refractivity contribution is 7.98. The number of thioether (sulfide) groups is 1. The number of benzene rings is 1. The fourth-order valence-corrected chi connectivity index (χ4v) is 4.34. The molecule has 3 rings (SSSR count). The van der Waals surface area contributed by atoms with E-state index >= 15 is 0 Å². The lowest BCUT2D eigenvalue weighted by atomic mass is 10.1. The molecule has 0 atom stereocenters. The van der Waals surface area contributed by atoms with Gasteiger partial charge in [0.15, 0.2) is 11.0 Å². The molecular weight excluding hydrogens is 352 g/mol. The predicted molar refractivity (Wildman–Crippen MR) is 103 cm³/mol. The van der Waals surface area contributed by atoms with E-state index in [1.54, 1.807) is 23.1 Å². The van der Waals surface area contributed by atoms with Gasteiger partial charge in [-0.3, -0.25) is 4.79 Å². The van der Waals surface area contributed by atoms with Gasteiger partial charge in [-0.05, 0) is 37.1 Å². The number of amides is 1. The van der Waals surface area contributed by atoms with Gasteiger partial charge in [0.25, 0.3) is 0 Å². The Morgan fingerprint density at radius 1 is 1.16 bits per heavy atom. The molecule has 1 amide bonds. The first kappa shape index (κ1) is 17.7. The smallest absolute Gasteiger partial charge is 0.221 e. The topological polar surface area (TPSA) is 73.8 Å². The van der Waals surface area contributed by atoms with Gasteiger partial charge in [-0.15, -0.1) is 21.5 Å². The molecule has 0 saturated heterocycles. The highest BCUT2D eigenvalue weighted by atomic mass is 32.2. The number of nitrogens with two attached hydrogens (primary N) is 1. The maximum Gasteiger partial charge on any atom is 0.221 e. The van der Waals surface area contributed by atoms with Gasteiger partial charge in [-0.2, -0.15) is 0 Å². The van der Waals surface area contributed by atoms with Crippen LogP contribution in [0.15, 0.2) is 41.6 Å². The number of aromatic nitrogens is 3. The normalized spacial score (nSPS) is 11.0. The Balaban J connectivity index is 1.71. The summed E-state index contributed by atoms with van der Waals surface area (Å²) in [7, 11) is 0. The van der Waals surface area contributed by atoms with Crippen molar-refractivity contribution in [2.24, 2.45) is 5.73 Å². The summed E-state index contributed by atoms with van der Waals surface area (Å²) in [5.41, 5.74) is 7.34. The number of nitrogens with zero attached hydrogens (tertiary/aromatic N) is 3. The summed E-state index contributed by atoms with van der Waals surface area (Å²) in [6.45, 7) is 5.04. The van der Waals surface area contributed by atoms with Crippen molar-refractivity contribution in [1.82, 2.24) is 14.8 Å². The van der Waals surface area contributed by atoms with E-state index in [4.69, 9.17) is 5.73 Å². The van der Waals surface area contributed by atoms with Crippen molar-refractivity contribution in [2.45, 2.75) is 37.7 Å². The van der Waals surface area contributed by atoms with Gasteiger partial charge in [0.1, 0.15) is 0 Å². The molecule has 0 spiro atoms. The Morgan fingerprint density at radius 2 is 1.88 bits per heavy atom. The van der Waals surface area contributed by atoms with Crippen molar-refractivity contribution in [3.05, 3.63) is 52.4 Å². The molecule has 0 unspecified atom stereocenters. The second kappa shape index (κ2) is 7.84. The molecule has 7 heteroatoms. The molecule has 25 heavy (non-hydrogen) atoms. The van der Waals surface area contributed by atoms with Crippen LogP contribution in [0.1, 0.15) is 22.9 Å². The van der Waals surface area contributed by atoms with Crippen LogP contribution in [0.2, 0.25) is 0 Å². The van der Waals surface area contributed by atoms with E-state index in [9.17, 15) is 4.79 Å². The number of carbonyl (C=O) groups excluding carboxylic acids is 1. The molecule has 0 radical (unpaired) electrons. The number of aryl methyl sites for hydroxylation is 1. The lowest BCUT2D eigenvalue weighted by Crippen LogP contribution is -2.13. The maximum absolute atomic E-state index is 11.0. The fraction of sp³-hybridized carbons (Fsp3) is 0.278. The van der Waals surface area contributed by atoms with Crippen LogP contribution in [0.3, 0.4) is 0 Å². The minimum absolute atomic E-state index is 0.279. The molecule has 2 aromatic heterocycles. The van der Waals surface area contributed by atoms with Crippen LogP contribution in [0.4, 0.5) is 0 Å². The van der Waals surface area contributed by atoms with Crippen molar-refractivity contribution in [3.8, 4) is 10.7 Å². The molecule has 2 heterocycles. The van der Waals surface area contributed by atoms with E-state index in [0.29, 0.717) is 0 Å². The minimum Gasteiger partial charge on any atom is -0.369 e. The lowest BCUT2D eigenvalue weighted by molar-refractivity contribution is -0.117. The van der Waals surface area contributed by atoms with Gasteiger partial charge in [0.05, 0.1) is 11.3 Å². The minimum atomic E-state index is -0.311. The molecule has 1 aromatic carbocycles. The third-order valence-corrected chi connectivity index (χ3v) is 5.80. The van der Waals surface area contributed by atoms with E-state index in [0.717, 1.165) is 33.7 Å². The third-order valence-electron chi connectivity index (χ3n) is 3.76. The average Bonchev–Trinajstić information content (AvgIpc) is 3.19. The number of hydrogen-bond acceptors (Lipinski definition) is 5. The quantitative estimate of drug-likeness (QED) is 0.642. The molecule has 0 aliphatic carbocycles. The van der Waals surface area contributed by atoms with Crippen LogP contribution in [0, 0.1) is 6.92 Å². The van der Waals surface area contributed by atoms with Crippen molar-refractivity contribution < 1.29 is 4.79 Å². The number of thiophene rings is 1. The van der Waals surface area contributed by atoms with Crippen molar-refractivity contribution >= 4 is 29.0 Å². The molecule has 3 aromatic rings. The summed E-state index contributed by atoms with van der Waals surface area (Å²) in [6.07, 6.45) is 0.279. The fourth-order valence-electron chi connectivity index (χ4n) is 2.52. The Hall–Kier alpha value is -2.12. The monoisotopic (exact) mass is 372 g/mol. The summed E-state index contributed by atoms with van der Waals surface area (Å²) in [5.74, 6) is 1.42. The van der Waals surface area contributed by atoms with Crippen LogP contribution in [0.5, 0.6) is 0 Å². The van der Waals surface area contributed by atoms with Crippen LogP contribution >= 0.6 is 23.1 Å². The zero-order valence-electron chi connectivity index (χ0n) is 14.2. The molecular formula is C18H20N4OS2. The zero-order chi connectivity index (χ0) is 17.8. The van der Waals surface area contributed by atoms with E-state index < -0.39 is 0 Å². The van der Waals surface area contributed by atoms with Gasteiger partial charge < -0.3 is 10.3 Å². The molecule has 0 saturated carbocycles. The van der Waals surface area contributed by atoms with Gasteiger partial charge in [0.2, 0.25) is 5.91 Å². The molecule has 2 N–H and O–H groups in total. The van der Waals surface area contributed by atoms with Gasteiger partial charge >= 0.3 is 0 Å². The first-order chi connectivity index (χ1) is 12.1. The van der Waals surface area contributed by atoms with Crippen LogP contribution in [-0.4, -0.2) is 20.7 Å². The summed E-state index contributed by atoms with van der Waals surface area (Å²) in [4.78, 5) is 13.4. The number of carbonyl (C=O) groups is 1. The largest absolute Gasteiger partial charge is 0.369 e. The van der Waals surface area contributed by atoms with Crippen molar-refractivity contribution in [3.63, 3.8) is 0 Å². The first-order valence-corrected chi connectivity index (χ1v) is 9.86. The highest BCUT2D eigenvalue weighted by Crippen LogP contribution is 2.30. The van der Waals surface area contributed by atoms with Crippen molar-refractivity contribution in [2.75, 3.05) is 0 Å². The van der Waals surface area contributed by atoms with Crippen molar-refractivity contribution in [1.29, 1.82) is 0 Å². The number of rotatable bonds is 7. The molecule has 0 bridgehead atoms. The van der Waals surface area contributed by atoms with Crippen LogP contribution in [0.25, 0.3) is 10.7 Å². The molecule has 0 aliphatic rings. The second-order valence-electron chi connectivity index (χ2n) is 5.71. The molecule has 0 aliphatic heterocycles. The number of hydrogen-bond donors (Lipinski definition) is 1. The number of primary amides is 1. The highest BCUT2D eigenvalue weighted by Gasteiger charge is 2.14. The van der Waals surface area contributed by atoms with Gasteiger partial charge in [-0.25, -0.2) is 0 Å². The Morgan fingerprint density at radius 3 is 2.48 bits per heavy atom. The molecule has 5 nitrogen and oxygen atoms in total. The SMILES string of the molecule is CCn1c(SCc2ccc(CC(N)=O)cc2)nnc1-c1ccc(C)s1. The first-order valence-electron chi connectivity index (χ1n) is 8.05. The van der Waals surface area contributed by atoms with Gasteiger partial charge in [0, 0.05) is 17.2 Å². The summed E-state index contributed by atoms with van der Waals surface area (Å²) >= 11 is 3.40. The lowest BCUT2D eigenvalue weighted by Gasteiger charge is -2.06. The van der Waals surface area contributed by atoms with Crippen LogP contribution < -0.4 is 5.73 Å². The van der Waals surface area contributed by atoms with E-state index in [1.807, 2.05) is 24.3 Å². The Bertz CT molecular complexity index is 868. The summed E-state index contributed by atoms with van der Waals surface area (Å²) < 4.78 is 2.15. The Kier molecular flexibility index (Phi) is 5.55. The summed E-state index contributed by atoms with van der Waals surface area (Å²) in [5, 5.41) is 9.67.